The van der Waals surface area contributed by atoms with Crippen LogP contribution in [-0.2, 0) is 0 Å². The number of hydrogen-bond donors (Lipinski definition) is 1. The maximum absolute atomic E-state index is 3.61. The van der Waals surface area contributed by atoms with Gasteiger partial charge in [0, 0.05) is 12.1 Å². The Bertz CT molecular complexity index is 233. The fraction of sp³-hybridized carbons (Fsp3) is 1.00. The molecule has 4 unspecified atom stereocenters. The second-order valence-electron chi connectivity index (χ2n) is 6.74. The topological polar surface area (TPSA) is 15.3 Å². The van der Waals surface area contributed by atoms with E-state index in [1.54, 1.807) is 0 Å². The molecule has 4 atom stereocenters. The van der Waals surface area contributed by atoms with Gasteiger partial charge in [0.05, 0.1) is 0 Å². The molecule has 2 nitrogen and oxygen atoms in total. The molecule has 1 aliphatic carbocycles. The average Bonchev–Trinajstić information content (AvgIpc) is 2.29. The highest BCUT2D eigenvalue weighted by Crippen LogP contribution is 2.33. The van der Waals surface area contributed by atoms with Gasteiger partial charge >= 0.3 is 0 Å². The molecular formula is C16H32N2. The minimum atomic E-state index is 0.711. The lowest BCUT2D eigenvalue weighted by molar-refractivity contribution is 0.0580. The predicted molar refractivity (Wildman–Crippen MR) is 78.9 cm³/mol. The van der Waals surface area contributed by atoms with E-state index in [0.717, 1.165) is 17.9 Å². The molecule has 0 radical (unpaired) electrons. The first kappa shape index (κ1) is 14.3. The summed E-state index contributed by atoms with van der Waals surface area (Å²) in [5.74, 6) is 1.74. The van der Waals surface area contributed by atoms with Crippen LogP contribution in [0.4, 0.5) is 0 Å². The number of nitrogens with one attached hydrogen (secondary N) is 1. The quantitative estimate of drug-likeness (QED) is 0.811. The van der Waals surface area contributed by atoms with Crippen LogP contribution in [0, 0.1) is 11.8 Å². The number of hydrogen-bond acceptors (Lipinski definition) is 2. The van der Waals surface area contributed by atoms with E-state index in [1.807, 2.05) is 0 Å². The molecule has 1 N–H and O–H groups in total. The van der Waals surface area contributed by atoms with Crippen molar-refractivity contribution in [2.24, 2.45) is 11.8 Å². The van der Waals surface area contributed by atoms with Crippen LogP contribution < -0.4 is 5.32 Å². The van der Waals surface area contributed by atoms with Gasteiger partial charge in [-0.25, -0.2) is 0 Å². The summed E-state index contributed by atoms with van der Waals surface area (Å²) in [5.41, 5.74) is 0. The second kappa shape index (κ2) is 6.91. The summed E-state index contributed by atoms with van der Waals surface area (Å²) in [5, 5.41) is 3.61. The van der Waals surface area contributed by atoms with Crippen molar-refractivity contribution in [3.63, 3.8) is 0 Å². The molecule has 1 saturated carbocycles. The third-order valence-electron chi connectivity index (χ3n) is 5.11. The first-order valence-electron chi connectivity index (χ1n) is 8.13. The summed E-state index contributed by atoms with van der Waals surface area (Å²) in [4.78, 5) is 2.82. The van der Waals surface area contributed by atoms with E-state index in [0.29, 0.717) is 6.04 Å². The third kappa shape index (κ3) is 3.48. The van der Waals surface area contributed by atoms with Crippen LogP contribution in [0.2, 0.25) is 0 Å². The predicted octanol–water partition coefficient (Wildman–Crippen LogP) is 3.28. The van der Waals surface area contributed by atoms with E-state index >= 15 is 0 Å². The summed E-state index contributed by atoms with van der Waals surface area (Å²) in [6.07, 6.45) is 9.95. The highest BCUT2D eigenvalue weighted by molar-refractivity contribution is 4.93. The molecule has 0 aromatic carbocycles. The van der Waals surface area contributed by atoms with Gasteiger partial charge in [-0.3, -0.25) is 4.90 Å². The van der Waals surface area contributed by atoms with Crippen molar-refractivity contribution in [1.29, 1.82) is 0 Å². The smallest absolute Gasteiger partial charge is 0.0274 e. The minimum absolute atomic E-state index is 0.711. The van der Waals surface area contributed by atoms with E-state index in [2.05, 4.69) is 31.1 Å². The van der Waals surface area contributed by atoms with Crippen molar-refractivity contribution in [3.8, 4) is 0 Å². The summed E-state index contributed by atoms with van der Waals surface area (Å²) in [6, 6.07) is 1.49. The Labute approximate surface area is 114 Å². The lowest BCUT2D eigenvalue weighted by atomic mass is 9.75. The summed E-state index contributed by atoms with van der Waals surface area (Å²) >= 11 is 0. The van der Waals surface area contributed by atoms with E-state index in [1.165, 1.54) is 58.0 Å². The van der Waals surface area contributed by atoms with Gasteiger partial charge in [-0.05, 0) is 57.7 Å². The molecule has 2 fully saturated rings. The van der Waals surface area contributed by atoms with Crippen molar-refractivity contribution in [2.45, 2.75) is 70.9 Å². The Morgan fingerprint density at radius 2 is 1.50 bits per heavy atom. The molecule has 18 heavy (non-hydrogen) atoms. The van der Waals surface area contributed by atoms with E-state index in [4.69, 9.17) is 0 Å². The summed E-state index contributed by atoms with van der Waals surface area (Å²) < 4.78 is 0. The Morgan fingerprint density at radius 3 is 2.11 bits per heavy atom. The Morgan fingerprint density at radius 1 is 0.889 bits per heavy atom. The molecule has 0 aromatic heterocycles. The molecular weight excluding hydrogens is 220 g/mol. The van der Waals surface area contributed by atoms with Crippen LogP contribution >= 0.6 is 0 Å². The zero-order valence-electron chi connectivity index (χ0n) is 12.6. The van der Waals surface area contributed by atoms with Crippen LogP contribution in [0.15, 0.2) is 0 Å². The first-order chi connectivity index (χ1) is 8.72. The fourth-order valence-electron chi connectivity index (χ4n) is 4.31. The molecule has 0 amide bonds. The van der Waals surface area contributed by atoms with Gasteiger partial charge in [0.15, 0.2) is 0 Å². The third-order valence-corrected chi connectivity index (χ3v) is 5.11. The average molecular weight is 252 g/mol. The molecule has 2 aliphatic rings. The number of nitrogens with zero attached hydrogens (tertiary/aromatic N) is 1. The molecule has 1 saturated heterocycles. The van der Waals surface area contributed by atoms with Gasteiger partial charge in [0.25, 0.3) is 0 Å². The SMILES string of the molecule is CNC1CC(C)CC(C)C1N1CCCCCCC1. The largest absolute Gasteiger partial charge is 0.315 e. The van der Waals surface area contributed by atoms with Gasteiger partial charge < -0.3 is 5.32 Å². The van der Waals surface area contributed by atoms with Crippen LogP contribution in [0.5, 0.6) is 0 Å². The zero-order chi connectivity index (χ0) is 13.0. The number of likely N-dealkylation sites (N-methyl/N-ethyl adjacent to an activating group) is 1. The van der Waals surface area contributed by atoms with Crippen LogP contribution in [0.3, 0.4) is 0 Å². The van der Waals surface area contributed by atoms with Crippen LogP contribution in [-0.4, -0.2) is 37.1 Å². The first-order valence-corrected chi connectivity index (χ1v) is 8.13. The molecule has 1 heterocycles. The van der Waals surface area contributed by atoms with Gasteiger partial charge in [-0.1, -0.05) is 33.1 Å². The Balaban J connectivity index is 2.02. The van der Waals surface area contributed by atoms with Gasteiger partial charge in [0.1, 0.15) is 0 Å². The Hall–Kier alpha value is -0.0800. The van der Waals surface area contributed by atoms with Crippen molar-refractivity contribution < 1.29 is 0 Å². The standard InChI is InChI=1S/C16H32N2/c1-13-11-14(2)16(15(12-13)17-3)18-9-7-5-4-6-8-10-18/h13-17H,4-12H2,1-3H3. The monoisotopic (exact) mass is 252 g/mol. The zero-order valence-corrected chi connectivity index (χ0v) is 12.6. The normalized spacial score (nSPS) is 40.2. The number of likely N-dealkylation sites (tertiary alicyclic amines) is 1. The van der Waals surface area contributed by atoms with E-state index in [-0.39, 0.29) is 0 Å². The molecule has 1 aliphatic heterocycles. The highest BCUT2D eigenvalue weighted by atomic mass is 15.2. The van der Waals surface area contributed by atoms with Crippen LogP contribution in [0.1, 0.15) is 58.8 Å². The van der Waals surface area contributed by atoms with Crippen molar-refractivity contribution in [1.82, 2.24) is 10.2 Å². The molecule has 0 spiro atoms. The molecule has 0 aromatic rings. The van der Waals surface area contributed by atoms with Crippen molar-refractivity contribution >= 4 is 0 Å². The second-order valence-corrected chi connectivity index (χ2v) is 6.74. The lowest BCUT2D eigenvalue weighted by Gasteiger charge is -2.46. The van der Waals surface area contributed by atoms with Gasteiger partial charge in [-0.15, -0.1) is 0 Å². The molecule has 2 rings (SSSR count). The molecule has 2 heteroatoms. The summed E-state index contributed by atoms with van der Waals surface area (Å²) in [7, 11) is 2.16. The summed E-state index contributed by atoms with van der Waals surface area (Å²) in [6.45, 7) is 7.57. The minimum Gasteiger partial charge on any atom is -0.315 e. The maximum atomic E-state index is 3.61. The van der Waals surface area contributed by atoms with Crippen LogP contribution in [0.25, 0.3) is 0 Å². The Kier molecular flexibility index (Phi) is 5.50. The van der Waals surface area contributed by atoms with Crippen molar-refractivity contribution in [2.75, 3.05) is 20.1 Å². The van der Waals surface area contributed by atoms with E-state index in [9.17, 15) is 0 Å². The highest BCUT2D eigenvalue weighted by Gasteiger charge is 2.36. The van der Waals surface area contributed by atoms with Gasteiger partial charge in [-0.2, -0.15) is 0 Å². The van der Waals surface area contributed by atoms with Crippen molar-refractivity contribution in [3.05, 3.63) is 0 Å². The lowest BCUT2D eigenvalue weighted by Crippen LogP contribution is -2.56. The van der Waals surface area contributed by atoms with Gasteiger partial charge in [0.2, 0.25) is 0 Å². The maximum Gasteiger partial charge on any atom is 0.0274 e. The van der Waals surface area contributed by atoms with E-state index < -0.39 is 0 Å². The molecule has 0 bridgehead atoms. The fourth-order valence-corrected chi connectivity index (χ4v) is 4.31. The molecule has 106 valence electrons. The number of rotatable bonds is 2.